The molecule has 15 heavy (non-hydrogen) atoms. The molecular formula is C12H14BrNO. The van der Waals surface area contributed by atoms with E-state index in [2.05, 4.69) is 22.0 Å². The van der Waals surface area contributed by atoms with Gasteiger partial charge in [-0.05, 0) is 37.1 Å². The Morgan fingerprint density at radius 3 is 2.73 bits per heavy atom. The van der Waals surface area contributed by atoms with E-state index in [0.717, 1.165) is 10.0 Å². The van der Waals surface area contributed by atoms with Crippen molar-refractivity contribution in [1.82, 2.24) is 4.90 Å². The first-order chi connectivity index (χ1) is 6.93. The molecule has 80 valence electrons. The molecule has 1 aromatic carbocycles. The monoisotopic (exact) mass is 267 g/mol. The maximum atomic E-state index is 12.0. The Kier molecular flexibility index (Phi) is 2.38. The third-order valence-electron chi connectivity index (χ3n) is 3.03. The predicted octanol–water partition coefficient (Wildman–Crippen LogP) is 2.70. The van der Waals surface area contributed by atoms with E-state index in [1.54, 1.807) is 4.90 Å². The number of likely N-dealkylation sites (N-methyl/N-ethyl adjacent to an activating group) is 1. The van der Waals surface area contributed by atoms with Crippen molar-refractivity contribution < 1.29 is 4.79 Å². The fourth-order valence-electron chi connectivity index (χ4n) is 2.22. The maximum absolute atomic E-state index is 12.0. The smallest absolute Gasteiger partial charge is 0.232 e. The summed E-state index contributed by atoms with van der Waals surface area (Å²) in [6, 6.07) is 6.14. The van der Waals surface area contributed by atoms with Gasteiger partial charge < -0.3 is 4.90 Å². The fourth-order valence-corrected chi connectivity index (χ4v) is 2.63. The van der Waals surface area contributed by atoms with Gasteiger partial charge in [-0.15, -0.1) is 0 Å². The second-order valence-corrected chi connectivity index (χ2v) is 5.50. The zero-order valence-electron chi connectivity index (χ0n) is 9.17. The largest absolute Gasteiger partial charge is 0.341 e. The van der Waals surface area contributed by atoms with E-state index in [1.807, 2.05) is 33.0 Å². The van der Waals surface area contributed by atoms with Crippen molar-refractivity contribution in [3.8, 4) is 0 Å². The van der Waals surface area contributed by atoms with Crippen LogP contribution in [0.4, 0.5) is 0 Å². The van der Waals surface area contributed by atoms with Gasteiger partial charge in [0.15, 0.2) is 0 Å². The summed E-state index contributed by atoms with van der Waals surface area (Å²) >= 11 is 3.46. The van der Waals surface area contributed by atoms with Gasteiger partial charge in [-0.1, -0.05) is 22.0 Å². The minimum Gasteiger partial charge on any atom is -0.341 e. The highest BCUT2D eigenvalue weighted by molar-refractivity contribution is 9.10. The maximum Gasteiger partial charge on any atom is 0.232 e. The van der Waals surface area contributed by atoms with E-state index in [0.29, 0.717) is 6.54 Å². The zero-order chi connectivity index (χ0) is 11.2. The van der Waals surface area contributed by atoms with Crippen LogP contribution >= 0.6 is 15.9 Å². The quantitative estimate of drug-likeness (QED) is 0.708. The molecule has 3 heteroatoms. The van der Waals surface area contributed by atoms with Crippen LogP contribution in [0, 0.1) is 0 Å². The molecule has 0 unspecified atom stereocenters. The standard InChI is InChI=1S/C12H14BrNO/c1-12(2)10-5-4-9(13)6-8(10)7-14(3)11(12)15/h4-6H,7H2,1-3H3. The molecular weight excluding hydrogens is 254 g/mol. The number of hydrogen-bond acceptors (Lipinski definition) is 1. The number of carbonyl (C=O) groups excluding carboxylic acids is 1. The summed E-state index contributed by atoms with van der Waals surface area (Å²) in [6.45, 7) is 4.67. The molecule has 0 aliphatic carbocycles. The van der Waals surface area contributed by atoms with Crippen LogP contribution in [0.3, 0.4) is 0 Å². The number of halogens is 1. The van der Waals surface area contributed by atoms with Crippen LogP contribution in [0.5, 0.6) is 0 Å². The molecule has 0 saturated carbocycles. The molecule has 0 fully saturated rings. The summed E-state index contributed by atoms with van der Waals surface area (Å²) in [6.07, 6.45) is 0. The van der Waals surface area contributed by atoms with Gasteiger partial charge in [-0.25, -0.2) is 0 Å². The molecule has 0 atom stereocenters. The van der Waals surface area contributed by atoms with Crippen LogP contribution in [-0.2, 0) is 16.8 Å². The molecule has 0 spiro atoms. The number of nitrogens with zero attached hydrogens (tertiary/aromatic N) is 1. The Hall–Kier alpha value is -0.830. The van der Waals surface area contributed by atoms with E-state index >= 15 is 0 Å². The zero-order valence-corrected chi connectivity index (χ0v) is 10.8. The lowest BCUT2D eigenvalue weighted by Gasteiger charge is -2.37. The average Bonchev–Trinajstić information content (AvgIpc) is 2.14. The number of benzene rings is 1. The van der Waals surface area contributed by atoms with Gasteiger partial charge in [0.2, 0.25) is 5.91 Å². The summed E-state index contributed by atoms with van der Waals surface area (Å²) in [7, 11) is 1.86. The van der Waals surface area contributed by atoms with Crippen molar-refractivity contribution in [3.63, 3.8) is 0 Å². The first kappa shape index (κ1) is 10.7. The van der Waals surface area contributed by atoms with E-state index < -0.39 is 5.41 Å². The molecule has 0 bridgehead atoms. The van der Waals surface area contributed by atoms with Crippen LogP contribution < -0.4 is 0 Å². The van der Waals surface area contributed by atoms with Crippen LogP contribution in [0.1, 0.15) is 25.0 Å². The summed E-state index contributed by atoms with van der Waals surface area (Å²) in [4.78, 5) is 13.8. The Labute approximate surface area is 98.4 Å². The number of carbonyl (C=O) groups is 1. The fraction of sp³-hybridized carbons (Fsp3) is 0.417. The van der Waals surface area contributed by atoms with Crippen molar-refractivity contribution in [2.45, 2.75) is 25.8 Å². The van der Waals surface area contributed by atoms with Crippen LogP contribution in [-0.4, -0.2) is 17.9 Å². The van der Waals surface area contributed by atoms with Crippen molar-refractivity contribution >= 4 is 21.8 Å². The van der Waals surface area contributed by atoms with Crippen molar-refractivity contribution in [3.05, 3.63) is 33.8 Å². The third kappa shape index (κ3) is 1.59. The minimum absolute atomic E-state index is 0.192. The first-order valence-electron chi connectivity index (χ1n) is 4.97. The van der Waals surface area contributed by atoms with Gasteiger partial charge in [-0.2, -0.15) is 0 Å². The molecule has 0 aromatic heterocycles. The van der Waals surface area contributed by atoms with Crippen LogP contribution in [0.2, 0.25) is 0 Å². The number of fused-ring (bicyclic) bond motifs is 1. The molecule has 2 rings (SSSR count). The van der Waals surface area contributed by atoms with Gasteiger partial charge in [-0.3, -0.25) is 4.79 Å². The summed E-state index contributed by atoms with van der Waals surface area (Å²) < 4.78 is 1.07. The molecule has 0 saturated heterocycles. The first-order valence-corrected chi connectivity index (χ1v) is 5.76. The lowest BCUT2D eigenvalue weighted by Crippen LogP contribution is -2.45. The molecule has 1 aliphatic heterocycles. The SMILES string of the molecule is CN1Cc2cc(Br)ccc2C(C)(C)C1=O. The predicted molar refractivity (Wildman–Crippen MR) is 63.6 cm³/mol. The van der Waals surface area contributed by atoms with Crippen LogP contribution in [0.15, 0.2) is 22.7 Å². The topological polar surface area (TPSA) is 20.3 Å². The van der Waals surface area contributed by atoms with Gasteiger partial charge in [0, 0.05) is 18.1 Å². The number of rotatable bonds is 0. The Morgan fingerprint density at radius 2 is 2.07 bits per heavy atom. The van der Waals surface area contributed by atoms with E-state index in [1.165, 1.54) is 5.56 Å². The molecule has 0 radical (unpaired) electrons. The minimum atomic E-state index is -0.400. The van der Waals surface area contributed by atoms with E-state index in [4.69, 9.17) is 0 Å². The highest BCUT2D eigenvalue weighted by Crippen LogP contribution is 2.34. The third-order valence-corrected chi connectivity index (χ3v) is 3.52. The Balaban J connectivity index is 2.61. The molecule has 1 aromatic rings. The number of amides is 1. The Morgan fingerprint density at radius 1 is 1.40 bits per heavy atom. The summed E-state index contributed by atoms with van der Waals surface area (Å²) in [5, 5.41) is 0. The highest BCUT2D eigenvalue weighted by atomic mass is 79.9. The van der Waals surface area contributed by atoms with Gasteiger partial charge in [0.25, 0.3) is 0 Å². The number of hydrogen-bond donors (Lipinski definition) is 0. The van der Waals surface area contributed by atoms with Crippen molar-refractivity contribution in [1.29, 1.82) is 0 Å². The van der Waals surface area contributed by atoms with Gasteiger partial charge >= 0.3 is 0 Å². The average molecular weight is 268 g/mol. The van der Waals surface area contributed by atoms with Gasteiger partial charge in [0.05, 0.1) is 5.41 Å². The molecule has 2 nitrogen and oxygen atoms in total. The van der Waals surface area contributed by atoms with Crippen molar-refractivity contribution in [2.75, 3.05) is 7.05 Å². The molecule has 1 heterocycles. The van der Waals surface area contributed by atoms with Gasteiger partial charge in [0.1, 0.15) is 0 Å². The molecule has 0 N–H and O–H groups in total. The lowest BCUT2D eigenvalue weighted by atomic mass is 9.78. The summed E-state index contributed by atoms with van der Waals surface area (Å²) in [5.41, 5.74) is 1.98. The molecule has 1 aliphatic rings. The van der Waals surface area contributed by atoms with Crippen molar-refractivity contribution in [2.24, 2.45) is 0 Å². The molecule has 1 amide bonds. The summed E-state index contributed by atoms with van der Waals surface area (Å²) in [5.74, 6) is 0.192. The van der Waals surface area contributed by atoms with E-state index in [-0.39, 0.29) is 5.91 Å². The second-order valence-electron chi connectivity index (χ2n) is 4.59. The Bertz CT molecular complexity index is 426. The van der Waals surface area contributed by atoms with E-state index in [9.17, 15) is 4.79 Å². The normalized spacial score (nSPS) is 18.9. The second kappa shape index (κ2) is 3.34. The lowest BCUT2D eigenvalue weighted by molar-refractivity contribution is -0.136. The van der Waals surface area contributed by atoms with Crippen LogP contribution in [0.25, 0.3) is 0 Å². The highest BCUT2D eigenvalue weighted by Gasteiger charge is 2.38.